The van der Waals surface area contributed by atoms with Crippen LogP contribution in [0.3, 0.4) is 0 Å². The largest absolute Gasteiger partial charge is 0.502 e. The van der Waals surface area contributed by atoms with Crippen molar-refractivity contribution in [3.05, 3.63) is 35.4 Å². The molecule has 0 unspecified atom stereocenters. The fourth-order valence-corrected chi connectivity index (χ4v) is 2.79. The molecule has 29 heavy (non-hydrogen) atoms. The number of methoxy groups -OCH3 is 4. The van der Waals surface area contributed by atoms with E-state index in [9.17, 15) is 20.4 Å². The normalized spacial score (nSPS) is 12.8. The van der Waals surface area contributed by atoms with E-state index < -0.39 is 18.8 Å². The van der Waals surface area contributed by atoms with Gasteiger partial charge in [0.05, 0.1) is 41.7 Å². The van der Waals surface area contributed by atoms with Gasteiger partial charge in [0.15, 0.2) is 29.1 Å². The molecule has 9 nitrogen and oxygen atoms in total. The smallest absolute Gasteiger partial charge is 0.204 e. The second kappa shape index (κ2) is 10.1. The van der Waals surface area contributed by atoms with Gasteiger partial charge in [-0.3, -0.25) is 0 Å². The standard InChI is InChI=1S/C20H26O9/c1-25-13-7-12(8-14(26-2)19(13)24)18(23)17(10-22)29-20-15(27-3)5-11(9-21)6-16(20)28-4/h5-8,17-18,21-24H,9-10H2,1-4H3/t17-,18+/m0/s1. The Kier molecular flexibility index (Phi) is 7.77. The minimum atomic E-state index is -1.31. The van der Waals surface area contributed by atoms with Gasteiger partial charge in [0.1, 0.15) is 6.10 Å². The van der Waals surface area contributed by atoms with E-state index in [-0.39, 0.29) is 41.1 Å². The summed E-state index contributed by atoms with van der Waals surface area (Å²) < 4.78 is 26.6. The van der Waals surface area contributed by atoms with Crippen LogP contribution in [0.4, 0.5) is 0 Å². The Bertz CT molecular complexity index is 772. The lowest BCUT2D eigenvalue weighted by Gasteiger charge is -2.25. The zero-order valence-electron chi connectivity index (χ0n) is 16.7. The third-order valence-corrected chi connectivity index (χ3v) is 4.35. The number of phenols is 1. The van der Waals surface area contributed by atoms with Gasteiger partial charge in [-0.15, -0.1) is 0 Å². The van der Waals surface area contributed by atoms with Gasteiger partial charge in [-0.1, -0.05) is 0 Å². The Morgan fingerprint density at radius 3 is 1.66 bits per heavy atom. The number of benzene rings is 2. The van der Waals surface area contributed by atoms with E-state index in [2.05, 4.69) is 0 Å². The molecule has 0 saturated carbocycles. The Hall–Kier alpha value is -2.88. The van der Waals surface area contributed by atoms with Gasteiger partial charge in [-0.25, -0.2) is 0 Å². The number of hydrogen-bond donors (Lipinski definition) is 4. The quantitative estimate of drug-likeness (QED) is 0.459. The Balaban J connectivity index is 2.42. The van der Waals surface area contributed by atoms with Gasteiger partial charge in [0.2, 0.25) is 11.5 Å². The van der Waals surface area contributed by atoms with Crippen molar-refractivity contribution in [3.63, 3.8) is 0 Å². The molecule has 0 aliphatic heterocycles. The summed E-state index contributed by atoms with van der Waals surface area (Å²) in [5, 5.41) is 40.1. The fourth-order valence-electron chi connectivity index (χ4n) is 2.79. The maximum atomic E-state index is 10.8. The Morgan fingerprint density at radius 2 is 1.28 bits per heavy atom. The first-order valence-corrected chi connectivity index (χ1v) is 8.70. The number of aliphatic hydroxyl groups is 3. The van der Waals surface area contributed by atoms with Gasteiger partial charge >= 0.3 is 0 Å². The average Bonchev–Trinajstić information content (AvgIpc) is 2.76. The number of rotatable bonds is 10. The first-order chi connectivity index (χ1) is 13.9. The fraction of sp³-hybridized carbons (Fsp3) is 0.400. The van der Waals surface area contributed by atoms with E-state index in [1.807, 2.05) is 0 Å². The van der Waals surface area contributed by atoms with Crippen LogP contribution in [0.5, 0.6) is 34.5 Å². The predicted molar refractivity (Wildman–Crippen MR) is 103 cm³/mol. The lowest BCUT2D eigenvalue weighted by atomic mass is 10.0. The summed E-state index contributed by atoms with van der Waals surface area (Å²) in [4.78, 5) is 0. The van der Waals surface area contributed by atoms with Crippen LogP contribution >= 0.6 is 0 Å². The maximum Gasteiger partial charge on any atom is 0.204 e. The number of aliphatic hydroxyl groups excluding tert-OH is 3. The van der Waals surface area contributed by atoms with E-state index in [0.29, 0.717) is 11.1 Å². The molecule has 160 valence electrons. The molecule has 0 heterocycles. The first-order valence-electron chi connectivity index (χ1n) is 8.70. The van der Waals surface area contributed by atoms with Crippen LogP contribution < -0.4 is 23.7 Å². The summed E-state index contributed by atoms with van der Waals surface area (Å²) >= 11 is 0. The van der Waals surface area contributed by atoms with Crippen molar-refractivity contribution in [2.45, 2.75) is 18.8 Å². The summed E-state index contributed by atoms with van der Waals surface area (Å²) in [7, 11) is 5.57. The molecule has 2 aromatic rings. The van der Waals surface area contributed by atoms with Gasteiger partial charge < -0.3 is 44.1 Å². The summed E-state index contributed by atoms with van der Waals surface area (Å²) in [5.41, 5.74) is 0.834. The van der Waals surface area contributed by atoms with Crippen molar-refractivity contribution in [3.8, 4) is 34.5 Å². The number of hydrogen-bond acceptors (Lipinski definition) is 9. The molecule has 4 N–H and O–H groups in total. The molecule has 2 atom stereocenters. The van der Waals surface area contributed by atoms with Gasteiger partial charge in [0, 0.05) is 0 Å². The minimum absolute atomic E-state index is 0.0950. The molecular weight excluding hydrogens is 384 g/mol. The molecule has 2 aromatic carbocycles. The SMILES string of the molecule is COc1cc([C@@H](O)[C@H](CO)Oc2c(OC)cc(CO)cc2OC)cc(OC)c1O. The number of ether oxygens (including phenoxy) is 5. The van der Waals surface area contributed by atoms with E-state index in [0.717, 1.165) is 0 Å². The van der Waals surface area contributed by atoms with Crippen molar-refractivity contribution in [1.82, 2.24) is 0 Å². The lowest BCUT2D eigenvalue weighted by molar-refractivity contribution is -0.00187. The molecule has 0 spiro atoms. The van der Waals surface area contributed by atoms with Gasteiger partial charge in [-0.05, 0) is 35.4 Å². The van der Waals surface area contributed by atoms with E-state index in [1.165, 1.54) is 40.6 Å². The summed E-state index contributed by atoms with van der Waals surface area (Å²) in [6.07, 6.45) is -2.42. The van der Waals surface area contributed by atoms with Gasteiger partial charge in [-0.2, -0.15) is 0 Å². The second-order valence-electron chi connectivity index (χ2n) is 6.05. The minimum Gasteiger partial charge on any atom is -0.502 e. The molecule has 0 amide bonds. The third-order valence-electron chi connectivity index (χ3n) is 4.35. The average molecular weight is 410 g/mol. The van der Waals surface area contributed by atoms with Crippen LogP contribution in [-0.2, 0) is 6.61 Å². The summed E-state index contributed by atoms with van der Waals surface area (Å²) in [5.74, 6) is 0.660. The highest BCUT2D eigenvalue weighted by Gasteiger charge is 2.28. The van der Waals surface area contributed by atoms with Crippen LogP contribution in [0.25, 0.3) is 0 Å². The van der Waals surface area contributed by atoms with E-state index in [1.54, 1.807) is 12.1 Å². The van der Waals surface area contributed by atoms with Crippen LogP contribution in [0, 0.1) is 0 Å². The highest BCUT2D eigenvalue weighted by Crippen LogP contribution is 2.42. The van der Waals surface area contributed by atoms with Crippen molar-refractivity contribution in [1.29, 1.82) is 0 Å². The molecule has 0 aliphatic carbocycles. The predicted octanol–water partition coefficient (Wildman–Crippen LogP) is 1.39. The topological polar surface area (TPSA) is 127 Å². The number of phenolic OH excluding ortho intramolecular Hbond substituents is 1. The summed E-state index contributed by atoms with van der Waals surface area (Å²) in [6, 6.07) is 5.95. The van der Waals surface area contributed by atoms with Crippen LogP contribution in [0.2, 0.25) is 0 Å². The zero-order valence-corrected chi connectivity index (χ0v) is 16.7. The lowest BCUT2D eigenvalue weighted by Crippen LogP contribution is -2.29. The molecular formula is C20H26O9. The second-order valence-corrected chi connectivity index (χ2v) is 6.05. The molecule has 0 aliphatic rings. The van der Waals surface area contributed by atoms with Crippen molar-refractivity contribution < 1.29 is 44.1 Å². The van der Waals surface area contributed by atoms with Crippen LogP contribution in [0.15, 0.2) is 24.3 Å². The third kappa shape index (κ3) is 4.76. The number of aromatic hydroxyl groups is 1. The van der Waals surface area contributed by atoms with Crippen LogP contribution in [0.1, 0.15) is 17.2 Å². The summed E-state index contributed by atoms with van der Waals surface area (Å²) in [6.45, 7) is -0.771. The van der Waals surface area contributed by atoms with E-state index >= 15 is 0 Å². The molecule has 0 fully saturated rings. The molecule has 0 aromatic heterocycles. The van der Waals surface area contributed by atoms with Crippen molar-refractivity contribution >= 4 is 0 Å². The Morgan fingerprint density at radius 1 is 0.793 bits per heavy atom. The van der Waals surface area contributed by atoms with Crippen molar-refractivity contribution in [2.75, 3.05) is 35.0 Å². The molecule has 0 bridgehead atoms. The highest BCUT2D eigenvalue weighted by atomic mass is 16.6. The molecule has 0 saturated heterocycles. The monoisotopic (exact) mass is 410 g/mol. The molecule has 9 heteroatoms. The Labute approximate surface area is 168 Å². The zero-order chi connectivity index (χ0) is 21.6. The maximum absolute atomic E-state index is 10.8. The molecule has 0 radical (unpaired) electrons. The van der Waals surface area contributed by atoms with E-state index in [4.69, 9.17) is 23.7 Å². The highest BCUT2D eigenvalue weighted by molar-refractivity contribution is 5.55. The van der Waals surface area contributed by atoms with Crippen LogP contribution in [-0.4, -0.2) is 61.6 Å². The molecule has 2 rings (SSSR count). The van der Waals surface area contributed by atoms with Crippen molar-refractivity contribution in [2.24, 2.45) is 0 Å². The van der Waals surface area contributed by atoms with Gasteiger partial charge in [0.25, 0.3) is 0 Å². The first kappa shape index (κ1) is 22.4.